The first kappa shape index (κ1) is 34.8. The number of nitrogens with one attached hydrogen (secondary N) is 1. The van der Waals surface area contributed by atoms with E-state index in [9.17, 15) is 18.0 Å². The third kappa shape index (κ3) is 9.02. The second-order valence-corrected chi connectivity index (χ2v) is 14.4. The molecule has 1 N–H and O–H groups in total. The Labute approximate surface area is 280 Å². The topological polar surface area (TPSA) is 96.0 Å². The van der Waals surface area contributed by atoms with Crippen molar-refractivity contribution in [3.63, 3.8) is 0 Å². The average molecular weight is 683 g/mol. The molecule has 0 saturated carbocycles. The summed E-state index contributed by atoms with van der Waals surface area (Å²) in [5.74, 6) is -0.419. The van der Waals surface area contributed by atoms with Gasteiger partial charge in [0, 0.05) is 23.5 Å². The molecule has 0 fully saturated rings. The van der Waals surface area contributed by atoms with Crippen molar-refractivity contribution in [1.29, 1.82) is 0 Å². The molecular formula is C35H37Cl2N3O5S. The molecule has 242 valence electrons. The molecular weight excluding hydrogens is 645 g/mol. The molecule has 0 aliphatic rings. The lowest BCUT2D eigenvalue weighted by molar-refractivity contribution is -0.140. The van der Waals surface area contributed by atoms with Crippen molar-refractivity contribution in [2.24, 2.45) is 0 Å². The first-order chi connectivity index (χ1) is 21.8. The van der Waals surface area contributed by atoms with Crippen LogP contribution in [0.15, 0.2) is 108 Å². The van der Waals surface area contributed by atoms with E-state index in [0.717, 1.165) is 9.87 Å². The third-order valence-electron chi connectivity index (χ3n) is 7.04. The summed E-state index contributed by atoms with van der Waals surface area (Å²) in [5.41, 5.74) is 0.991. The molecule has 0 heterocycles. The molecule has 0 bridgehead atoms. The molecule has 0 aliphatic heterocycles. The molecule has 4 rings (SSSR count). The molecule has 8 nitrogen and oxygen atoms in total. The number of sulfonamides is 1. The summed E-state index contributed by atoms with van der Waals surface area (Å²) in [6, 6.07) is 27.7. The Hall–Kier alpha value is -4.05. The van der Waals surface area contributed by atoms with Crippen molar-refractivity contribution in [1.82, 2.24) is 10.2 Å². The van der Waals surface area contributed by atoms with Crippen LogP contribution in [0.25, 0.3) is 0 Å². The highest BCUT2D eigenvalue weighted by atomic mass is 35.5. The normalized spacial score (nSPS) is 12.2. The Bertz CT molecular complexity index is 1760. The van der Waals surface area contributed by atoms with Gasteiger partial charge in [0.1, 0.15) is 18.3 Å². The number of hydrogen-bond acceptors (Lipinski definition) is 5. The number of rotatable bonds is 12. The zero-order valence-electron chi connectivity index (χ0n) is 26.1. The maximum atomic E-state index is 14.6. The Morgan fingerprint density at radius 2 is 1.48 bits per heavy atom. The fraction of sp³-hybridized carbons (Fsp3) is 0.257. The number of anilines is 1. The van der Waals surface area contributed by atoms with E-state index in [-0.39, 0.29) is 34.5 Å². The molecule has 0 radical (unpaired) electrons. The second kappa shape index (κ2) is 15.0. The predicted octanol–water partition coefficient (Wildman–Crippen LogP) is 6.75. The highest BCUT2D eigenvalue weighted by Gasteiger charge is 2.36. The van der Waals surface area contributed by atoms with Crippen LogP contribution in [0.3, 0.4) is 0 Å². The van der Waals surface area contributed by atoms with Crippen molar-refractivity contribution in [2.75, 3.05) is 18.0 Å². The Morgan fingerprint density at radius 1 is 0.848 bits per heavy atom. The minimum atomic E-state index is -4.30. The minimum absolute atomic E-state index is 0.00132. The number of hydrogen-bond donors (Lipinski definition) is 1. The standard InChI is InChI=1S/C35H37Cl2N3O5S/c1-35(2,3)38-34(42)32(21-25-12-7-5-8-13-25)39(23-26-14-11-15-28(20-26)45-4)33(41)24-40(31-19-18-27(36)22-30(31)37)46(43,44)29-16-9-6-10-17-29/h5-20,22,32H,21,23-24H2,1-4H3,(H,38,42)/t32-/m1/s1. The maximum absolute atomic E-state index is 14.6. The fourth-order valence-corrected chi connectivity index (χ4v) is 6.91. The number of carbonyl (C=O) groups excluding carboxylic acids is 2. The highest BCUT2D eigenvalue weighted by molar-refractivity contribution is 7.92. The van der Waals surface area contributed by atoms with Gasteiger partial charge in [0.15, 0.2) is 0 Å². The van der Waals surface area contributed by atoms with E-state index in [1.54, 1.807) is 43.5 Å². The summed E-state index contributed by atoms with van der Waals surface area (Å²) in [6.45, 7) is 4.93. The number of ether oxygens (including phenoxy) is 1. The van der Waals surface area contributed by atoms with Gasteiger partial charge in [-0.3, -0.25) is 13.9 Å². The van der Waals surface area contributed by atoms with Crippen LogP contribution in [0.5, 0.6) is 5.75 Å². The van der Waals surface area contributed by atoms with E-state index in [2.05, 4.69) is 5.32 Å². The third-order valence-corrected chi connectivity index (χ3v) is 9.36. The van der Waals surface area contributed by atoms with Crippen molar-refractivity contribution >= 4 is 50.7 Å². The minimum Gasteiger partial charge on any atom is -0.497 e. The van der Waals surface area contributed by atoms with Gasteiger partial charge in [-0.1, -0.05) is 83.9 Å². The van der Waals surface area contributed by atoms with Gasteiger partial charge >= 0.3 is 0 Å². The number of nitrogens with zero attached hydrogens (tertiary/aromatic N) is 2. The predicted molar refractivity (Wildman–Crippen MR) is 183 cm³/mol. The van der Waals surface area contributed by atoms with Gasteiger partial charge < -0.3 is 15.0 Å². The van der Waals surface area contributed by atoms with Crippen LogP contribution in [-0.2, 0) is 32.6 Å². The first-order valence-electron chi connectivity index (χ1n) is 14.6. The van der Waals surface area contributed by atoms with Gasteiger partial charge in [-0.2, -0.15) is 0 Å². The van der Waals surface area contributed by atoms with Crippen LogP contribution in [0.2, 0.25) is 10.0 Å². The molecule has 0 spiro atoms. The molecule has 46 heavy (non-hydrogen) atoms. The summed E-state index contributed by atoms with van der Waals surface area (Å²) in [4.78, 5) is 30.0. The Kier molecular flexibility index (Phi) is 11.4. The highest BCUT2D eigenvalue weighted by Crippen LogP contribution is 2.33. The fourth-order valence-electron chi connectivity index (χ4n) is 4.89. The van der Waals surface area contributed by atoms with Gasteiger partial charge in [0.05, 0.1) is 22.7 Å². The van der Waals surface area contributed by atoms with Crippen LogP contribution < -0.4 is 14.4 Å². The zero-order chi connectivity index (χ0) is 33.5. The zero-order valence-corrected chi connectivity index (χ0v) is 28.4. The number of amides is 2. The summed E-state index contributed by atoms with van der Waals surface area (Å²) in [5, 5.41) is 3.37. The number of carbonyl (C=O) groups is 2. The van der Waals surface area contributed by atoms with Crippen molar-refractivity contribution in [3.8, 4) is 5.75 Å². The number of methoxy groups -OCH3 is 1. The Balaban J connectivity index is 1.85. The molecule has 0 aliphatic carbocycles. The summed E-state index contributed by atoms with van der Waals surface area (Å²) in [6.07, 6.45) is 0.186. The average Bonchev–Trinajstić information content (AvgIpc) is 3.02. The summed E-state index contributed by atoms with van der Waals surface area (Å²) >= 11 is 12.7. The second-order valence-electron chi connectivity index (χ2n) is 11.7. The maximum Gasteiger partial charge on any atom is 0.264 e. The number of benzene rings is 4. The summed E-state index contributed by atoms with van der Waals surface area (Å²) < 4.78 is 34.6. The summed E-state index contributed by atoms with van der Waals surface area (Å²) in [7, 11) is -2.76. The van der Waals surface area contributed by atoms with E-state index >= 15 is 0 Å². The van der Waals surface area contributed by atoms with E-state index in [0.29, 0.717) is 16.3 Å². The van der Waals surface area contributed by atoms with Crippen LogP contribution in [0, 0.1) is 0 Å². The smallest absolute Gasteiger partial charge is 0.264 e. The van der Waals surface area contributed by atoms with E-state index < -0.39 is 34.1 Å². The lowest BCUT2D eigenvalue weighted by atomic mass is 10.0. The van der Waals surface area contributed by atoms with Gasteiger partial charge in [-0.05, 0) is 74.4 Å². The van der Waals surface area contributed by atoms with Crippen LogP contribution in [0.1, 0.15) is 31.9 Å². The van der Waals surface area contributed by atoms with Crippen molar-refractivity contribution < 1.29 is 22.7 Å². The van der Waals surface area contributed by atoms with Crippen LogP contribution >= 0.6 is 23.2 Å². The first-order valence-corrected chi connectivity index (χ1v) is 16.8. The molecule has 0 saturated heterocycles. The van der Waals surface area contributed by atoms with E-state index in [1.165, 1.54) is 35.2 Å². The van der Waals surface area contributed by atoms with Crippen LogP contribution in [0.4, 0.5) is 5.69 Å². The molecule has 0 unspecified atom stereocenters. The molecule has 4 aromatic rings. The lowest BCUT2D eigenvalue weighted by Crippen LogP contribution is -2.56. The Morgan fingerprint density at radius 3 is 2.09 bits per heavy atom. The lowest BCUT2D eigenvalue weighted by Gasteiger charge is -2.35. The van der Waals surface area contributed by atoms with Gasteiger partial charge in [-0.25, -0.2) is 8.42 Å². The van der Waals surface area contributed by atoms with Gasteiger partial charge in [0.2, 0.25) is 11.8 Å². The molecule has 1 atom stereocenters. The largest absolute Gasteiger partial charge is 0.497 e. The van der Waals surface area contributed by atoms with Crippen molar-refractivity contribution in [2.45, 2.75) is 50.2 Å². The van der Waals surface area contributed by atoms with Crippen LogP contribution in [-0.4, -0.2) is 50.4 Å². The quantitative estimate of drug-likeness (QED) is 0.178. The molecule has 11 heteroatoms. The monoisotopic (exact) mass is 681 g/mol. The molecule has 0 aromatic heterocycles. The SMILES string of the molecule is COc1cccc(CN(C(=O)CN(c2ccc(Cl)cc2Cl)S(=O)(=O)c2ccccc2)[C@H](Cc2ccccc2)C(=O)NC(C)(C)C)c1. The van der Waals surface area contributed by atoms with Gasteiger partial charge in [-0.15, -0.1) is 0 Å². The van der Waals surface area contributed by atoms with E-state index in [1.807, 2.05) is 57.2 Å². The number of halogens is 2. The van der Waals surface area contributed by atoms with Crippen molar-refractivity contribution in [3.05, 3.63) is 124 Å². The van der Waals surface area contributed by atoms with E-state index in [4.69, 9.17) is 27.9 Å². The molecule has 4 aromatic carbocycles. The van der Waals surface area contributed by atoms with Gasteiger partial charge in [0.25, 0.3) is 10.0 Å². The molecule has 2 amide bonds.